The Morgan fingerprint density at radius 2 is 1.67 bits per heavy atom. The number of benzene rings is 2. The summed E-state index contributed by atoms with van der Waals surface area (Å²) in [6.45, 7) is 7.31. The third-order valence-corrected chi connectivity index (χ3v) is 7.15. The van der Waals surface area contributed by atoms with Crippen molar-refractivity contribution in [2.75, 3.05) is 23.7 Å². The van der Waals surface area contributed by atoms with Crippen molar-refractivity contribution in [1.82, 2.24) is 10.2 Å². The molecule has 36 heavy (non-hydrogen) atoms. The number of nitrogens with zero attached hydrogens (tertiary/aromatic N) is 2. The van der Waals surface area contributed by atoms with Gasteiger partial charge in [-0.05, 0) is 69.2 Å². The van der Waals surface area contributed by atoms with E-state index in [9.17, 15) is 18.0 Å². The Labute approximate surface area is 223 Å². The minimum atomic E-state index is -3.82. The van der Waals surface area contributed by atoms with E-state index in [1.54, 1.807) is 49.4 Å². The van der Waals surface area contributed by atoms with Crippen LogP contribution in [0.15, 0.2) is 42.5 Å². The summed E-state index contributed by atoms with van der Waals surface area (Å²) in [5, 5.41) is 3.52. The van der Waals surface area contributed by atoms with Crippen LogP contribution in [0.4, 0.5) is 5.69 Å². The highest BCUT2D eigenvalue weighted by Crippen LogP contribution is 2.25. The number of hydrogen-bond donors (Lipinski definition) is 1. The van der Waals surface area contributed by atoms with E-state index in [0.29, 0.717) is 40.1 Å². The van der Waals surface area contributed by atoms with E-state index >= 15 is 0 Å². The molecule has 8 nitrogen and oxygen atoms in total. The van der Waals surface area contributed by atoms with Crippen molar-refractivity contribution < 1.29 is 22.7 Å². The Morgan fingerprint density at radius 1 is 1.03 bits per heavy atom. The van der Waals surface area contributed by atoms with Crippen molar-refractivity contribution in [1.29, 1.82) is 0 Å². The van der Waals surface area contributed by atoms with Crippen LogP contribution in [-0.4, -0.2) is 56.6 Å². The van der Waals surface area contributed by atoms with Gasteiger partial charge < -0.3 is 15.0 Å². The van der Waals surface area contributed by atoms with E-state index in [4.69, 9.17) is 27.9 Å². The number of carbonyl (C=O) groups excluding carboxylic acids is 2. The van der Waals surface area contributed by atoms with Crippen LogP contribution in [-0.2, 0) is 26.2 Å². The maximum atomic E-state index is 13.6. The van der Waals surface area contributed by atoms with E-state index < -0.39 is 28.5 Å². The second kappa shape index (κ2) is 13.2. The Bertz CT molecular complexity index is 1160. The molecule has 11 heteroatoms. The van der Waals surface area contributed by atoms with Crippen LogP contribution in [0.3, 0.4) is 0 Å². The topological polar surface area (TPSA) is 96.0 Å². The van der Waals surface area contributed by atoms with Gasteiger partial charge in [0.1, 0.15) is 18.3 Å². The molecule has 0 aromatic heterocycles. The van der Waals surface area contributed by atoms with Gasteiger partial charge in [-0.1, -0.05) is 36.2 Å². The molecule has 2 aromatic carbocycles. The SMILES string of the molecule is CCOc1ccc(N(CC(=O)N(Cc2ccc(Cl)c(Cl)c2)C(CC)C(=O)NC(C)C)S(C)(=O)=O)cc1. The van der Waals surface area contributed by atoms with E-state index in [2.05, 4.69) is 5.32 Å². The summed E-state index contributed by atoms with van der Waals surface area (Å²) in [4.78, 5) is 28.0. The van der Waals surface area contributed by atoms with Crippen LogP contribution in [0, 0.1) is 0 Å². The summed E-state index contributed by atoms with van der Waals surface area (Å²) < 4.78 is 31.8. The zero-order valence-electron chi connectivity index (χ0n) is 21.1. The van der Waals surface area contributed by atoms with Gasteiger partial charge in [0, 0.05) is 12.6 Å². The number of ether oxygens (including phenoxy) is 1. The standard InChI is InChI=1S/C25H33Cl2N3O5S/c1-6-23(25(32)28-17(3)4)29(15-18-8-13-21(26)22(27)14-18)24(31)16-30(36(5,33)34)19-9-11-20(12-10-19)35-7-2/h8-14,17,23H,6-7,15-16H2,1-5H3,(H,28,32). The number of nitrogens with one attached hydrogen (secondary N) is 1. The molecule has 0 saturated heterocycles. The van der Waals surface area contributed by atoms with E-state index in [0.717, 1.165) is 10.6 Å². The summed E-state index contributed by atoms with van der Waals surface area (Å²) in [5.41, 5.74) is 0.962. The molecule has 198 valence electrons. The molecular formula is C25H33Cl2N3O5S. The predicted molar refractivity (Wildman–Crippen MR) is 144 cm³/mol. The number of sulfonamides is 1. The van der Waals surface area contributed by atoms with E-state index in [-0.39, 0.29) is 18.5 Å². The third-order valence-electron chi connectivity index (χ3n) is 5.27. The monoisotopic (exact) mass is 557 g/mol. The molecule has 0 spiro atoms. The van der Waals surface area contributed by atoms with E-state index in [1.165, 1.54) is 4.90 Å². The third kappa shape index (κ3) is 8.28. The molecule has 2 aromatic rings. The first-order valence-corrected chi connectivity index (χ1v) is 14.2. The zero-order valence-corrected chi connectivity index (χ0v) is 23.5. The second-order valence-electron chi connectivity index (χ2n) is 8.55. The van der Waals surface area contributed by atoms with Crippen LogP contribution in [0.25, 0.3) is 0 Å². The number of rotatable bonds is 12. The van der Waals surface area contributed by atoms with Gasteiger partial charge in [-0.2, -0.15) is 0 Å². The Hall–Kier alpha value is -2.49. The van der Waals surface area contributed by atoms with Gasteiger partial charge in [0.05, 0.1) is 28.6 Å². The van der Waals surface area contributed by atoms with Crippen LogP contribution < -0.4 is 14.4 Å². The zero-order chi connectivity index (χ0) is 27.0. The normalized spacial score (nSPS) is 12.2. The van der Waals surface area contributed by atoms with Crippen molar-refractivity contribution in [3.8, 4) is 5.75 Å². The lowest BCUT2D eigenvalue weighted by Crippen LogP contribution is -2.53. The van der Waals surface area contributed by atoms with Gasteiger partial charge >= 0.3 is 0 Å². The van der Waals surface area contributed by atoms with Crippen molar-refractivity contribution in [3.05, 3.63) is 58.1 Å². The predicted octanol–water partition coefficient (Wildman–Crippen LogP) is 4.49. The van der Waals surface area contributed by atoms with Gasteiger partial charge in [-0.25, -0.2) is 8.42 Å². The number of carbonyl (C=O) groups is 2. The van der Waals surface area contributed by atoms with Crippen LogP contribution in [0.1, 0.15) is 39.7 Å². The summed E-state index contributed by atoms with van der Waals surface area (Å²) in [6.07, 6.45) is 1.36. The highest BCUT2D eigenvalue weighted by molar-refractivity contribution is 7.92. The molecule has 1 N–H and O–H groups in total. The van der Waals surface area contributed by atoms with Crippen molar-refractivity contribution in [2.45, 2.75) is 52.7 Å². The molecule has 1 unspecified atom stereocenters. The van der Waals surface area contributed by atoms with Gasteiger partial charge in [0.2, 0.25) is 21.8 Å². The van der Waals surface area contributed by atoms with Gasteiger partial charge in [-0.3, -0.25) is 13.9 Å². The number of anilines is 1. The largest absolute Gasteiger partial charge is 0.494 e. The van der Waals surface area contributed by atoms with Crippen LogP contribution in [0.5, 0.6) is 5.75 Å². The average Bonchev–Trinajstić information content (AvgIpc) is 2.79. The number of halogens is 2. The first kappa shape index (κ1) is 29.7. The molecule has 0 bridgehead atoms. The fourth-order valence-corrected chi connectivity index (χ4v) is 4.79. The molecule has 0 heterocycles. The van der Waals surface area contributed by atoms with Crippen molar-refractivity contribution >= 4 is 50.7 Å². The lowest BCUT2D eigenvalue weighted by Gasteiger charge is -2.33. The van der Waals surface area contributed by atoms with Crippen molar-refractivity contribution in [3.63, 3.8) is 0 Å². The molecule has 0 fully saturated rings. The molecule has 0 aliphatic heterocycles. The second-order valence-corrected chi connectivity index (χ2v) is 11.3. The lowest BCUT2D eigenvalue weighted by atomic mass is 10.1. The minimum Gasteiger partial charge on any atom is -0.494 e. The summed E-state index contributed by atoms with van der Waals surface area (Å²) in [5.74, 6) is -0.280. The Morgan fingerprint density at radius 3 is 2.17 bits per heavy atom. The first-order chi connectivity index (χ1) is 16.9. The Balaban J connectivity index is 2.44. The fraction of sp³-hybridized carbons (Fsp3) is 0.440. The van der Waals surface area contributed by atoms with Gasteiger partial charge in [0.15, 0.2) is 0 Å². The molecule has 0 radical (unpaired) electrons. The summed E-state index contributed by atoms with van der Waals surface area (Å²) >= 11 is 12.2. The molecular weight excluding hydrogens is 525 g/mol. The lowest BCUT2D eigenvalue weighted by molar-refractivity contribution is -0.140. The first-order valence-electron chi connectivity index (χ1n) is 11.6. The molecule has 1 atom stereocenters. The van der Waals surface area contributed by atoms with E-state index in [1.807, 2.05) is 20.8 Å². The molecule has 2 rings (SSSR count). The average molecular weight is 559 g/mol. The highest BCUT2D eigenvalue weighted by Gasteiger charge is 2.32. The van der Waals surface area contributed by atoms with Crippen LogP contribution in [0.2, 0.25) is 10.0 Å². The summed E-state index contributed by atoms with van der Waals surface area (Å²) in [7, 11) is -3.82. The Kier molecular flexibility index (Phi) is 10.9. The maximum absolute atomic E-state index is 13.6. The molecule has 0 aliphatic rings. The molecule has 2 amide bonds. The fourth-order valence-electron chi connectivity index (χ4n) is 3.62. The van der Waals surface area contributed by atoms with Gasteiger partial charge in [0.25, 0.3) is 0 Å². The highest BCUT2D eigenvalue weighted by atomic mass is 35.5. The van der Waals surface area contributed by atoms with Gasteiger partial charge in [-0.15, -0.1) is 0 Å². The quantitative estimate of drug-likeness (QED) is 0.414. The van der Waals surface area contributed by atoms with Crippen LogP contribution >= 0.6 is 23.2 Å². The molecule has 0 aliphatic carbocycles. The number of hydrogen-bond acceptors (Lipinski definition) is 5. The maximum Gasteiger partial charge on any atom is 0.244 e. The number of amides is 2. The molecule has 0 saturated carbocycles. The smallest absolute Gasteiger partial charge is 0.244 e. The van der Waals surface area contributed by atoms with Crippen molar-refractivity contribution in [2.24, 2.45) is 0 Å². The summed E-state index contributed by atoms with van der Waals surface area (Å²) in [6, 6.07) is 10.4. The minimum absolute atomic E-state index is 0.0423.